The summed E-state index contributed by atoms with van der Waals surface area (Å²) in [5.41, 5.74) is 0. The molecule has 82 valence electrons. The molecule has 0 radical (unpaired) electrons. The molecule has 1 aliphatic rings. The Labute approximate surface area is 93.2 Å². The molecular weight excluding hydrogens is 210 g/mol. The molecule has 0 aromatic carbocycles. The first-order chi connectivity index (χ1) is 7.36. The van der Waals surface area contributed by atoms with Crippen LogP contribution in [-0.4, -0.2) is 22.0 Å². The average molecular weight is 225 g/mol. The fourth-order valence-corrected chi connectivity index (χ4v) is 2.41. The van der Waals surface area contributed by atoms with Crippen LogP contribution in [-0.2, 0) is 0 Å². The average Bonchev–Trinajstić information content (AvgIpc) is 2.81. The van der Waals surface area contributed by atoms with Crippen molar-refractivity contribution in [3.8, 4) is 0 Å². The van der Waals surface area contributed by atoms with E-state index in [0.29, 0.717) is 10.8 Å². The van der Waals surface area contributed by atoms with Gasteiger partial charge in [-0.25, -0.2) is 0 Å². The van der Waals surface area contributed by atoms with Crippen molar-refractivity contribution in [3.05, 3.63) is 11.1 Å². The van der Waals surface area contributed by atoms with Gasteiger partial charge < -0.3 is 5.32 Å². The summed E-state index contributed by atoms with van der Waals surface area (Å²) in [5, 5.41) is 6.59. The number of rotatable bonds is 3. The second-order valence-electron chi connectivity index (χ2n) is 4.00. The van der Waals surface area contributed by atoms with Crippen LogP contribution in [0.25, 0.3) is 0 Å². The maximum absolute atomic E-state index is 11.6. The lowest BCUT2D eigenvalue weighted by atomic mass is 9.89. The van der Waals surface area contributed by atoms with Crippen LogP contribution in [0.2, 0.25) is 0 Å². The molecule has 0 unspecified atom stereocenters. The standard InChI is InChI=1S/C10H15N3OS/c14-10(9-7-12-13-15-9)11-6-8-4-2-1-3-5-8/h7-8H,1-6H2,(H,11,14). The van der Waals surface area contributed by atoms with Crippen molar-refractivity contribution in [2.75, 3.05) is 6.54 Å². The molecule has 4 nitrogen and oxygen atoms in total. The van der Waals surface area contributed by atoms with E-state index >= 15 is 0 Å². The lowest BCUT2D eigenvalue weighted by Crippen LogP contribution is -2.29. The first-order valence-corrected chi connectivity index (χ1v) is 6.19. The van der Waals surface area contributed by atoms with E-state index < -0.39 is 0 Å². The molecule has 15 heavy (non-hydrogen) atoms. The second kappa shape index (κ2) is 5.21. The highest BCUT2D eigenvalue weighted by Gasteiger charge is 2.15. The molecule has 0 atom stereocenters. The van der Waals surface area contributed by atoms with Gasteiger partial charge in [0, 0.05) is 6.54 Å². The zero-order valence-corrected chi connectivity index (χ0v) is 9.42. The molecule has 1 aromatic rings. The Morgan fingerprint density at radius 2 is 2.27 bits per heavy atom. The van der Waals surface area contributed by atoms with Crippen molar-refractivity contribution >= 4 is 17.4 Å². The predicted octanol–water partition coefficient (Wildman–Crippen LogP) is 1.85. The molecule has 1 saturated carbocycles. The molecule has 0 spiro atoms. The van der Waals surface area contributed by atoms with E-state index in [0.717, 1.165) is 18.1 Å². The monoisotopic (exact) mass is 225 g/mol. The summed E-state index contributed by atoms with van der Waals surface area (Å²) < 4.78 is 3.67. The van der Waals surface area contributed by atoms with Gasteiger partial charge in [0.1, 0.15) is 4.88 Å². The molecule has 0 bridgehead atoms. The fourth-order valence-electron chi connectivity index (χ4n) is 1.98. The number of carbonyl (C=O) groups is 1. The molecule has 1 fully saturated rings. The quantitative estimate of drug-likeness (QED) is 0.854. The number of nitrogens with one attached hydrogen (secondary N) is 1. The van der Waals surface area contributed by atoms with Gasteiger partial charge in [-0.3, -0.25) is 4.79 Å². The number of nitrogens with zero attached hydrogens (tertiary/aromatic N) is 2. The third kappa shape index (κ3) is 2.99. The fraction of sp³-hybridized carbons (Fsp3) is 0.700. The minimum Gasteiger partial charge on any atom is -0.351 e. The van der Waals surface area contributed by atoms with Crippen LogP contribution in [0.1, 0.15) is 41.8 Å². The highest BCUT2D eigenvalue weighted by Crippen LogP contribution is 2.22. The molecule has 5 heteroatoms. The molecule has 0 aliphatic heterocycles. The number of aromatic nitrogens is 2. The van der Waals surface area contributed by atoms with Crippen molar-refractivity contribution in [2.45, 2.75) is 32.1 Å². The SMILES string of the molecule is O=C(NCC1CCCCC1)c1cnns1. The zero-order valence-electron chi connectivity index (χ0n) is 8.61. The van der Waals surface area contributed by atoms with Crippen LogP contribution in [0.4, 0.5) is 0 Å². The third-order valence-corrected chi connectivity index (χ3v) is 3.52. The van der Waals surface area contributed by atoms with Gasteiger partial charge in [0.25, 0.3) is 5.91 Å². The molecule has 1 amide bonds. The zero-order chi connectivity index (χ0) is 10.5. The number of hydrogen-bond acceptors (Lipinski definition) is 4. The second-order valence-corrected chi connectivity index (χ2v) is 4.78. The number of carbonyl (C=O) groups excluding carboxylic acids is 1. The normalized spacial score (nSPS) is 17.6. The van der Waals surface area contributed by atoms with E-state index in [4.69, 9.17) is 0 Å². The number of hydrogen-bond donors (Lipinski definition) is 1. The minimum absolute atomic E-state index is 0.0319. The largest absolute Gasteiger partial charge is 0.351 e. The van der Waals surface area contributed by atoms with Gasteiger partial charge >= 0.3 is 0 Å². The maximum atomic E-state index is 11.6. The summed E-state index contributed by atoms with van der Waals surface area (Å²) in [4.78, 5) is 12.2. The maximum Gasteiger partial charge on any atom is 0.264 e. The van der Waals surface area contributed by atoms with Gasteiger partial charge in [0.15, 0.2) is 0 Å². The predicted molar refractivity (Wildman–Crippen MR) is 58.8 cm³/mol. The van der Waals surface area contributed by atoms with Gasteiger partial charge in [-0.05, 0) is 30.3 Å². The van der Waals surface area contributed by atoms with Crippen molar-refractivity contribution in [2.24, 2.45) is 5.92 Å². The minimum atomic E-state index is -0.0319. The van der Waals surface area contributed by atoms with E-state index in [2.05, 4.69) is 14.9 Å². The summed E-state index contributed by atoms with van der Waals surface area (Å²) in [6.45, 7) is 0.802. The smallest absolute Gasteiger partial charge is 0.264 e. The first kappa shape index (κ1) is 10.5. The van der Waals surface area contributed by atoms with E-state index in [1.165, 1.54) is 38.3 Å². The molecule has 0 saturated heterocycles. The molecular formula is C10H15N3OS. The van der Waals surface area contributed by atoms with Gasteiger partial charge in [-0.1, -0.05) is 23.8 Å². The molecule has 1 aliphatic carbocycles. The highest BCUT2D eigenvalue weighted by molar-refractivity contribution is 7.07. The highest BCUT2D eigenvalue weighted by atomic mass is 32.1. The Balaban J connectivity index is 1.75. The van der Waals surface area contributed by atoms with E-state index in [-0.39, 0.29) is 5.91 Å². The van der Waals surface area contributed by atoms with Crippen LogP contribution >= 0.6 is 11.5 Å². The molecule has 2 rings (SSSR count). The topological polar surface area (TPSA) is 54.9 Å². The molecule has 1 aromatic heterocycles. The third-order valence-electron chi connectivity index (χ3n) is 2.86. The first-order valence-electron chi connectivity index (χ1n) is 5.42. The van der Waals surface area contributed by atoms with Crippen LogP contribution in [0, 0.1) is 5.92 Å². The van der Waals surface area contributed by atoms with E-state index in [1.807, 2.05) is 0 Å². The van der Waals surface area contributed by atoms with Gasteiger partial charge in [-0.2, -0.15) is 0 Å². The van der Waals surface area contributed by atoms with E-state index in [1.54, 1.807) is 0 Å². The Hall–Kier alpha value is -0.970. The number of amides is 1. The lowest BCUT2D eigenvalue weighted by molar-refractivity contribution is 0.0947. The van der Waals surface area contributed by atoms with Crippen LogP contribution in [0.5, 0.6) is 0 Å². The van der Waals surface area contributed by atoms with Gasteiger partial charge in [-0.15, -0.1) is 5.10 Å². The summed E-state index contributed by atoms with van der Waals surface area (Å²) >= 11 is 1.14. The Bertz CT molecular complexity index is 306. The van der Waals surface area contributed by atoms with Crippen LogP contribution < -0.4 is 5.32 Å². The Morgan fingerprint density at radius 3 is 2.93 bits per heavy atom. The summed E-state index contributed by atoms with van der Waals surface area (Å²) in [6, 6.07) is 0. The van der Waals surface area contributed by atoms with Crippen molar-refractivity contribution < 1.29 is 4.79 Å². The van der Waals surface area contributed by atoms with Gasteiger partial charge in [0.05, 0.1) is 6.20 Å². The summed E-state index contributed by atoms with van der Waals surface area (Å²) in [5.74, 6) is 0.638. The molecule has 1 heterocycles. The van der Waals surface area contributed by atoms with Crippen LogP contribution in [0.15, 0.2) is 6.20 Å². The molecule has 1 N–H and O–H groups in total. The van der Waals surface area contributed by atoms with Gasteiger partial charge in [0.2, 0.25) is 0 Å². The summed E-state index contributed by atoms with van der Waals surface area (Å²) in [6.07, 6.45) is 7.98. The van der Waals surface area contributed by atoms with Crippen molar-refractivity contribution in [3.63, 3.8) is 0 Å². The Morgan fingerprint density at radius 1 is 1.47 bits per heavy atom. The van der Waals surface area contributed by atoms with Crippen molar-refractivity contribution in [1.29, 1.82) is 0 Å². The lowest BCUT2D eigenvalue weighted by Gasteiger charge is -2.21. The Kier molecular flexibility index (Phi) is 3.66. The van der Waals surface area contributed by atoms with Crippen LogP contribution in [0.3, 0.4) is 0 Å². The van der Waals surface area contributed by atoms with E-state index in [9.17, 15) is 4.79 Å². The van der Waals surface area contributed by atoms with Crippen molar-refractivity contribution in [1.82, 2.24) is 14.9 Å². The summed E-state index contributed by atoms with van der Waals surface area (Å²) in [7, 11) is 0.